The van der Waals surface area contributed by atoms with E-state index >= 15 is 0 Å². The molecule has 0 aromatic heterocycles. The smallest absolute Gasteiger partial charge is 0.371 e. The van der Waals surface area contributed by atoms with Crippen LogP contribution in [-0.2, 0) is 14.4 Å². The average molecular weight is 184 g/mol. The zero-order valence-electron chi connectivity index (χ0n) is 8.12. The molecule has 13 heavy (non-hydrogen) atoms. The van der Waals surface area contributed by atoms with E-state index in [1.165, 1.54) is 7.11 Å². The summed E-state index contributed by atoms with van der Waals surface area (Å²) in [6.07, 6.45) is 0. The number of carbonyl (C=O) groups excluding carboxylic acids is 1. The molecule has 0 aromatic rings. The molecular formula is C8H12N2O3. The first kappa shape index (κ1) is 11.4. The molecule has 0 spiro atoms. The summed E-state index contributed by atoms with van der Waals surface area (Å²) in [7, 11) is 1.17. The minimum Gasteiger partial charge on any atom is -0.464 e. The van der Waals surface area contributed by atoms with Gasteiger partial charge in [0.1, 0.15) is 11.7 Å². The van der Waals surface area contributed by atoms with Gasteiger partial charge in [-0.2, -0.15) is 5.26 Å². The molecule has 72 valence electrons. The molecule has 0 rings (SSSR count). The van der Waals surface area contributed by atoms with E-state index < -0.39 is 17.3 Å². The minimum atomic E-state index is -0.799. The van der Waals surface area contributed by atoms with Crippen LogP contribution in [-0.4, -0.2) is 24.4 Å². The van der Waals surface area contributed by atoms with Crippen LogP contribution in [0.2, 0.25) is 0 Å². The maximum absolute atomic E-state index is 10.8. The zero-order chi connectivity index (χ0) is 10.5. The van der Waals surface area contributed by atoms with E-state index in [0.29, 0.717) is 0 Å². The Balaban J connectivity index is 4.44. The Hall–Kier alpha value is -1.57. The first-order valence-corrected chi connectivity index (χ1v) is 3.65. The van der Waals surface area contributed by atoms with Gasteiger partial charge >= 0.3 is 5.97 Å². The standard InChI is InChI=1S/C8H12N2O3/c1-8(2,3)13-10-6(5-9)7(11)12-4/h1-4H3. The van der Waals surface area contributed by atoms with Crippen LogP contribution in [0.25, 0.3) is 0 Å². The second-order valence-corrected chi connectivity index (χ2v) is 3.25. The first-order chi connectivity index (χ1) is 5.90. The highest BCUT2D eigenvalue weighted by atomic mass is 16.6. The van der Waals surface area contributed by atoms with Crippen LogP contribution in [0.1, 0.15) is 20.8 Å². The van der Waals surface area contributed by atoms with E-state index in [1.54, 1.807) is 26.8 Å². The van der Waals surface area contributed by atoms with Crippen molar-refractivity contribution in [3.8, 4) is 6.07 Å². The lowest BCUT2D eigenvalue weighted by molar-refractivity contribution is -0.132. The zero-order valence-corrected chi connectivity index (χ0v) is 8.12. The number of rotatable bonds is 2. The van der Waals surface area contributed by atoms with Crippen molar-refractivity contribution >= 4 is 11.7 Å². The second kappa shape index (κ2) is 4.45. The minimum absolute atomic E-state index is 0.391. The Morgan fingerprint density at radius 3 is 2.31 bits per heavy atom. The third-order valence-electron chi connectivity index (χ3n) is 0.895. The maximum atomic E-state index is 10.8. The lowest BCUT2D eigenvalue weighted by Crippen LogP contribution is -2.20. The number of nitrogens with zero attached hydrogens (tertiary/aromatic N) is 2. The number of ether oxygens (including phenoxy) is 1. The number of esters is 1. The van der Waals surface area contributed by atoms with Crippen LogP contribution in [0.3, 0.4) is 0 Å². The molecule has 0 saturated heterocycles. The molecule has 0 amide bonds. The lowest BCUT2D eigenvalue weighted by Gasteiger charge is -2.14. The molecule has 0 bridgehead atoms. The van der Waals surface area contributed by atoms with Gasteiger partial charge in [0.2, 0.25) is 0 Å². The lowest BCUT2D eigenvalue weighted by atomic mass is 10.2. The highest BCUT2D eigenvalue weighted by Crippen LogP contribution is 2.06. The normalized spacial score (nSPS) is 11.8. The Bertz CT molecular complexity index is 258. The Morgan fingerprint density at radius 2 is 2.00 bits per heavy atom. The molecule has 0 radical (unpaired) electrons. The van der Waals surface area contributed by atoms with Crippen molar-refractivity contribution in [2.24, 2.45) is 5.16 Å². The van der Waals surface area contributed by atoms with Crippen molar-refractivity contribution in [1.29, 1.82) is 5.26 Å². The number of hydrogen-bond acceptors (Lipinski definition) is 5. The number of carbonyl (C=O) groups is 1. The summed E-state index contributed by atoms with van der Waals surface area (Å²) >= 11 is 0. The SMILES string of the molecule is COC(=O)C(C#N)=NOC(C)(C)C. The molecule has 5 nitrogen and oxygen atoms in total. The molecule has 0 aliphatic rings. The summed E-state index contributed by atoms with van der Waals surface area (Å²) in [5.74, 6) is -0.799. The van der Waals surface area contributed by atoms with Crippen molar-refractivity contribution in [3.63, 3.8) is 0 Å². The van der Waals surface area contributed by atoms with Gasteiger partial charge in [-0.05, 0) is 20.8 Å². The van der Waals surface area contributed by atoms with Crippen molar-refractivity contribution in [2.45, 2.75) is 26.4 Å². The average Bonchev–Trinajstić information content (AvgIpc) is 2.03. The van der Waals surface area contributed by atoms with Crippen LogP contribution < -0.4 is 0 Å². The number of methoxy groups -OCH3 is 1. The maximum Gasteiger partial charge on any atom is 0.371 e. The van der Waals surface area contributed by atoms with Gasteiger partial charge in [-0.25, -0.2) is 4.79 Å². The van der Waals surface area contributed by atoms with Gasteiger partial charge in [0.25, 0.3) is 5.71 Å². The molecular weight excluding hydrogens is 172 g/mol. The molecule has 0 fully saturated rings. The van der Waals surface area contributed by atoms with Crippen molar-refractivity contribution in [3.05, 3.63) is 0 Å². The van der Waals surface area contributed by atoms with Crippen LogP contribution in [0.5, 0.6) is 0 Å². The molecule has 0 N–H and O–H groups in total. The van der Waals surface area contributed by atoms with Gasteiger partial charge in [0.15, 0.2) is 0 Å². The predicted octanol–water partition coefficient (Wildman–Crippen LogP) is 0.854. The fourth-order valence-corrected chi connectivity index (χ4v) is 0.383. The summed E-state index contributed by atoms with van der Waals surface area (Å²) < 4.78 is 4.30. The fraction of sp³-hybridized carbons (Fsp3) is 0.625. The Labute approximate surface area is 76.9 Å². The van der Waals surface area contributed by atoms with Gasteiger partial charge in [-0.15, -0.1) is 0 Å². The van der Waals surface area contributed by atoms with Gasteiger partial charge in [-0.3, -0.25) is 0 Å². The van der Waals surface area contributed by atoms with Crippen LogP contribution >= 0.6 is 0 Å². The molecule has 5 heteroatoms. The van der Waals surface area contributed by atoms with Crippen LogP contribution in [0.15, 0.2) is 5.16 Å². The van der Waals surface area contributed by atoms with E-state index in [1.807, 2.05) is 0 Å². The molecule has 0 unspecified atom stereocenters. The highest BCUT2D eigenvalue weighted by Gasteiger charge is 2.15. The molecule has 0 aliphatic carbocycles. The molecule has 0 aliphatic heterocycles. The second-order valence-electron chi connectivity index (χ2n) is 3.25. The fourth-order valence-electron chi connectivity index (χ4n) is 0.383. The largest absolute Gasteiger partial charge is 0.464 e. The van der Waals surface area contributed by atoms with Crippen LogP contribution in [0, 0.1) is 11.3 Å². The molecule has 0 atom stereocenters. The number of hydrogen-bond donors (Lipinski definition) is 0. The van der Waals surface area contributed by atoms with E-state index in [0.717, 1.165) is 0 Å². The molecule has 0 heterocycles. The molecule has 0 saturated carbocycles. The Kier molecular flexibility index (Phi) is 3.92. The van der Waals surface area contributed by atoms with E-state index in [4.69, 9.17) is 10.1 Å². The summed E-state index contributed by atoms with van der Waals surface area (Å²) in [6.45, 7) is 5.26. The molecule has 0 aromatic carbocycles. The van der Waals surface area contributed by atoms with Crippen molar-refractivity contribution in [2.75, 3.05) is 7.11 Å². The number of oxime groups is 1. The van der Waals surface area contributed by atoms with Crippen molar-refractivity contribution < 1.29 is 14.4 Å². The third kappa shape index (κ3) is 4.80. The summed E-state index contributed by atoms with van der Waals surface area (Å²) in [5.41, 5.74) is -0.923. The van der Waals surface area contributed by atoms with Crippen molar-refractivity contribution in [1.82, 2.24) is 0 Å². The van der Waals surface area contributed by atoms with E-state index in [2.05, 4.69) is 9.89 Å². The van der Waals surface area contributed by atoms with Gasteiger partial charge in [-0.1, -0.05) is 5.16 Å². The van der Waals surface area contributed by atoms with E-state index in [-0.39, 0.29) is 0 Å². The van der Waals surface area contributed by atoms with Gasteiger partial charge in [0.05, 0.1) is 7.11 Å². The topological polar surface area (TPSA) is 71.7 Å². The van der Waals surface area contributed by atoms with Crippen LogP contribution in [0.4, 0.5) is 0 Å². The first-order valence-electron chi connectivity index (χ1n) is 3.65. The third-order valence-corrected chi connectivity index (χ3v) is 0.895. The van der Waals surface area contributed by atoms with Gasteiger partial charge < -0.3 is 9.57 Å². The van der Waals surface area contributed by atoms with Gasteiger partial charge in [0, 0.05) is 0 Å². The quantitative estimate of drug-likeness (QED) is 0.362. The predicted molar refractivity (Wildman–Crippen MR) is 45.9 cm³/mol. The van der Waals surface area contributed by atoms with E-state index in [9.17, 15) is 4.79 Å². The number of nitriles is 1. The Morgan fingerprint density at radius 1 is 1.46 bits per heavy atom. The summed E-state index contributed by atoms with van der Waals surface area (Å²) in [5, 5.41) is 11.8. The highest BCUT2D eigenvalue weighted by molar-refractivity contribution is 6.42. The monoisotopic (exact) mass is 184 g/mol. The summed E-state index contributed by atoms with van der Waals surface area (Å²) in [6, 6.07) is 1.58. The summed E-state index contributed by atoms with van der Waals surface area (Å²) in [4.78, 5) is 15.7.